The van der Waals surface area contributed by atoms with Gasteiger partial charge >= 0.3 is 0 Å². The smallest absolute Gasteiger partial charge is 0.148 e. The molecule has 0 radical (unpaired) electrons. The summed E-state index contributed by atoms with van der Waals surface area (Å²) in [6.45, 7) is 6.79. The van der Waals surface area contributed by atoms with E-state index >= 15 is 0 Å². The quantitative estimate of drug-likeness (QED) is 0.562. The first-order chi connectivity index (χ1) is 9.08. The highest BCUT2D eigenvalue weighted by Crippen LogP contribution is 2.39. The fraction of sp³-hybridized carbons (Fsp3) is 0.714. The third-order valence-electron chi connectivity index (χ3n) is 4.15. The van der Waals surface area contributed by atoms with Gasteiger partial charge in [-0.15, -0.1) is 0 Å². The molecule has 1 atom stereocenters. The molecule has 1 heterocycles. The van der Waals surface area contributed by atoms with E-state index in [9.17, 15) is 0 Å². The Morgan fingerprint density at radius 1 is 1.37 bits per heavy atom. The lowest BCUT2D eigenvalue weighted by molar-refractivity contribution is 0.349. The van der Waals surface area contributed by atoms with Gasteiger partial charge in [0.05, 0.1) is 0 Å². The zero-order chi connectivity index (χ0) is 13.9. The van der Waals surface area contributed by atoms with Crippen LogP contribution in [0.25, 0.3) is 0 Å². The standard InChI is InChI=1S/C14H25N5/c1-4-6-10-12(16-9-17-13(10)19-15)18-11-7-5-8-14(11,2)3/h9,11H,4-8,15H2,1-3H3,(H2,16,17,18,19). The van der Waals surface area contributed by atoms with Crippen LogP contribution in [-0.4, -0.2) is 16.0 Å². The molecular weight excluding hydrogens is 238 g/mol. The van der Waals surface area contributed by atoms with Gasteiger partial charge in [-0.2, -0.15) is 0 Å². The number of nitrogen functional groups attached to an aromatic ring is 1. The molecule has 4 N–H and O–H groups in total. The lowest BCUT2D eigenvalue weighted by Gasteiger charge is -2.29. The van der Waals surface area contributed by atoms with Crippen molar-refractivity contribution in [3.8, 4) is 0 Å². The molecule has 2 rings (SSSR count). The molecule has 1 unspecified atom stereocenters. The highest BCUT2D eigenvalue weighted by Gasteiger charge is 2.35. The Labute approximate surface area is 115 Å². The van der Waals surface area contributed by atoms with Crippen molar-refractivity contribution in [1.29, 1.82) is 0 Å². The summed E-state index contributed by atoms with van der Waals surface area (Å²) >= 11 is 0. The van der Waals surface area contributed by atoms with Gasteiger partial charge in [0.15, 0.2) is 0 Å². The van der Waals surface area contributed by atoms with Crippen LogP contribution in [0.1, 0.15) is 52.0 Å². The minimum atomic E-state index is 0.324. The molecule has 19 heavy (non-hydrogen) atoms. The second-order valence-corrected chi connectivity index (χ2v) is 6.02. The number of nitrogens with one attached hydrogen (secondary N) is 2. The van der Waals surface area contributed by atoms with Crippen molar-refractivity contribution in [2.75, 3.05) is 10.7 Å². The molecule has 0 amide bonds. The van der Waals surface area contributed by atoms with Gasteiger partial charge in [0, 0.05) is 11.6 Å². The normalized spacial score (nSPS) is 21.4. The van der Waals surface area contributed by atoms with Crippen molar-refractivity contribution in [2.24, 2.45) is 11.3 Å². The largest absolute Gasteiger partial charge is 0.366 e. The van der Waals surface area contributed by atoms with Crippen LogP contribution in [0, 0.1) is 5.41 Å². The van der Waals surface area contributed by atoms with E-state index in [0.717, 1.165) is 30.0 Å². The minimum Gasteiger partial charge on any atom is -0.366 e. The Kier molecular flexibility index (Phi) is 4.24. The molecule has 1 saturated carbocycles. The van der Waals surface area contributed by atoms with Crippen LogP contribution in [-0.2, 0) is 6.42 Å². The average molecular weight is 263 g/mol. The van der Waals surface area contributed by atoms with Gasteiger partial charge in [0.1, 0.15) is 18.0 Å². The predicted octanol–water partition coefficient (Wildman–Crippen LogP) is 2.71. The Morgan fingerprint density at radius 3 is 2.68 bits per heavy atom. The SMILES string of the molecule is CCCc1c(NN)ncnc1NC1CCCC1(C)C. The number of rotatable bonds is 5. The second-order valence-electron chi connectivity index (χ2n) is 6.02. The first-order valence-electron chi connectivity index (χ1n) is 7.15. The van der Waals surface area contributed by atoms with Crippen LogP contribution >= 0.6 is 0 Å². The highest BCUT2D eigenvalue weighted by atomic mass is 15.3. The van der Waals surface area contributed by atoms with Crippen LogP contribution in [0.3, 0.4) is 0 Å². The minimum absolute atomic E-state index is 0.324. The van der Waals surface area contributed by atoms with Crippen molar-refractivity contribution in [2.45, 2.75) is 58.9 Å². The number of hydrogen-bond acceptors (Lipinski definition) is 5. The topological polar surface area (TPSA) is 75.9 Å². The molecular formula is C14H25N5. The molecule has 1 fully saturated rings. The summed E-state index contributed by atoms with van der Waals surface area (Å²) < 4.78 is 0. The van der Waals surface area contributed by atoms with Gasteiger partial charge in [0.2, 0.25) is 0 Å². The Bertz CT molecular complexity index is 430. The molecule has 1 aromatic heterocycles. The predicted molar refractivity (Wildman–Crippen MR) is 78.9 cm³/mol. The van der Waals surface area contributed by atoms with E-state index in [1.165, 1.54) is 19.3 Å². The first kappa shape index (κ1) is 14.1. The summed E-state index contributed by atoms with van der Waals surface area (Å²) in [7, 11) is 0. The lowest BCUT2D eigenvalue weighted by Crippen LogP contribution is -2.32. The highest BCUT2D eigenvalue weighted by molar-refractivity contribution is 5.57. The molecule has 0 aromatic carbocycles. The summed E-state index contributed by atoms with van der Waals surface area (Å²) in [5, 5.41) is 3.61. The Hall–Kier alpha value is -1.36. The van der Waals surface area contributed by atoms with E-state index in [-0.39, 0.29) is 0 Å². The molecule has 0 saturated heterocycles. The molecule has 5 nitrogen and oxygen atoms in total. The summed E-state index contributed by atoms with van der Waals surface area (Å²) in [5.41, 5.74) is 4.09. The van der Waals surface area contributed by atoms with Crippen LogP contribution < -0.4 is 16.6 Å². The fourth-order valence-electron chi connectivity index (χ4n) is 2.91. The van der Waals surface area contributed by atoms with Crippen LogP contribution in [0.4, 0.5) is 11.6 Å². The molecule has 1 aliphatic carbocycles. The summed E-state index contributed by atoms with van der Waals surface area (Å²) in [6, 6.07) is 0.476. The number of hydrazine groups is 1. The maximum atomic E-state index is 5.54. The number of nitrogens with two attached hydrogens (primary N) is 1. The van der Waals surface area contributed by atoms with Crippen molar-refractivity contribution in [3.63, 3.8) is 0 Å². The molecule has 0 aliphatic heterocycles. The zero-order valence-corrected chi connectivity index (χ0v) is 12.2. The zero-order valence-electron chi connectivity index (χ0n) is 12.2. The van der Waals surface area contributed by atoms with Gasteiger partial charge in [-0.3, -0.25) is 0 Å². The molecule has 1 aromatic rings. The Balaban J connectivity index is 2.24. The number of aromatic nitrogens is 2. The maximum Gasteiger partial charge on any atom is 0.148 e. The second kappa shape index (κ2) is 5.74. The van der Waals surface area contributed by atoms with Crippen molar-refractivity contribution in [3.05, 3.63) is 11.9 Å². The van der Waals surface area contributed by atoms with Gasteiger partial charge in [0.25, 0.3) is 0 Å². The molecule has 106 valence electrons. The summed E-state index contributed by atoms with van der Waals surface area (Å²) in [4.78, 5) is 8.62. The first-order valence-corrected chi connectivity index (χ1v) is 7.15. The third-order valence-corrected chi connectivity index (χ3v) is 4.15. The average Bonchev–Trinajstić information content (AvgIpc) is 2.71. The molecule has 0 bridgehead atoms. The van der Waals surface area contributed by atoms with Crippen molar-refractivity contribution < 1.29 is 0 Å². The van der Waals surface area contributed by atoms with Crippen molar-refractivity contribution >= 4 is 11.6 Å². The number of nitrogens with zero attached hydrogens (tertiary/aromatic N) is 2. The molecule has 5 heteroatoms. The van der Waals surface area contributed by atoms with E-state index in [0.29, 0.717) is 11.5 Å². The van der Waals surface area contributed by atoms with Crippen LogP contribution in [0.5, 0.6) is 0 Å². The lowest BCUT2D eigenvalue weighted by atomic mass is 9.87. The third kappa shape index (κ3) is 2.97. The van der Waals surface area contributed by atoms with Crippen LogP contribution in [0.2, 0.25) is 0 Å². The molecule has 1 aliphatic rings. The monoisotopic (exact) mass is 263 g/mol. The van der Waals surface area contributed by atoms with Gasteiger partial charge < -0.3 is 10.7 Å². The molecule has 0 spiro atoms. The maximum absolute atomic E-state index is 5.54. The summed E-state index contributed by atoms with van der Waals surface area (Å²) in [5.74, 6) is 7.21. The number of hydrogen-bond donors (Lipinski definition) is 3. The van der Waals surface area contributed by atoms with Gasteiger partial charge in [-0.05, 0) is 24.7 Å². The van der Waals surface area contributed by atoms with Crippen LogP contribution in [0.15, 0.2) is 6.33 Å². The van der Waals surface area contributed by atoms with Gasteiger partial charge in [-0.25, -0.2) is 15.8 Å². The summed E-state index contributed by atoms with van der Waals surface area (Å²) in [6.07, 6.45) is 7.29. The Morgan fingerprint density at radius 2 is 2.11 bits per heavy atom. The van der Waals surface area contributed by atoms with E-state index in [4.69, 9.17) is 5.84 Å². The van der Waals surface area contributed by atoms with Gasteiger partial charge in [-0.1, -0.05) is 33.6 Å². The van der Waals surface area contributed by atoms with E-state index in [1.807, 2.05) is 0 Å². The fourth-order valence-corrected chi connectivity index (χ4v) is 2.91. The van der Waals surface area contributed by atoms with E-state index < -0.39 is 0 Å². The van der Waals surface area contributed by atoms with E-state index in [2.05, 4.69) is 41.5 Å². The number of anilines is 2. The van der Waals surface area contributed by atoms with E-state index in [1.54, 1.807) is 6.33 Å². The van der Waals surface area contributed by atoms with Crippen molar-refractivity contribution in [1.82, 2.24) is 9.97 Å².